The van der Waals surface area contributed by atoms with Gasteiger partial charge in [-0.05, 0) is 37.6 Å². The second-order valence-corrected chi connectivity index (χ2v) is 7.31. The maximum absolute atomic E-state index is 12.0. The fourth-order valence-corrected chi connectivity index (χ4v) is 2.90. The number of carbonyl (C=O) groups excluding carboxylic acids is 1. The third kappa shape index (κ3) is 8.71. The number of nitrogens with one attached hydrogen (secondary N) is 2. The van der Waals surface area contributed by atoms with Gasteiger partial charge in [-0.25, -0.2) is 0 Å². The summed E-state index contributed by atoms with van der Waals surface area (Å²) in [4.78, 5) is 23.0. The number of carboxylic acid groups (broad SMARTS) is 1. The average Bonchev–Trinajstić information content (AvgIpc) is 2.34. The van der Waals surface area contributed by atoms with Gasteiger partial charge in [-0.15, -0.1) is 0 Å². The normalized spacial score (nSPS) is 20.8. The summed E-state index contributed by atoms with van der Waals surface area (Å²) in [5.74, 6) is -0.892. The van der Waals surface area contributed by atoms with Gasteiger partial charge in [0.05, 0.1) is 6.42 Å². The summed E-state index contributed by atoms with van der Waals surface area (Å²) in [6.45, 7) is 7.21. The lowest BCUT2D eigenvalue weighted by Crippen LogP contribution is -2.40. The SMILES string of the molecule is CC(C)(C)CC(CC(=O)O)NC(=O)CCC1CCCCN1. The van der Waals surface area contributed by atoms with Crippen LogP contribution in [0.1, 0.15) is 65.7 Å². The topological polar surface area (TPSA) is 78.4 Å². The molecule has 3 N–H and O–H groups in total. The predicted octanol–water partition coefficient (Wildman–Crippen LogP) is 2.30. The Bertz CT molecular complexity index is 344. The van der Waals surface area contributed by atoms with Crippen molar-refractivity contribution in [3.8, 4) is 0 Å². The lowest BCUT2D eigenvalue weighted by atomic mass is 9.87. The van der Waals surface area contributed by atoms with Crippen LogP contribution in [0, 0.1) is 5.41 Å². The van der Waals surface area contributed by atoms with Gasteiger partial charge >= 0.3 is 5.97 Å². The van der Waals surface area contributed by atoms with E-state index in [1.807, 2.05) is 0 Å². The predicted molar refractivity (Wildman–Crippen MR) is 83.1 cm³/mol. The summed E-state index contributed by atoms with van der Waals surface area (Å²) >= 11 is 0. The van der Waals surface area contributed by atoms with Crippen molar-refractivity contribution in [3.63, 3.8) is 0 Å². The standard InChI is InChI=1S/C16H30N2O3/c1-16(2,3)11-13(10-15(20)21)18-14(19)8-7-12-6-4-5-9-17-12/h12-13,17H,4-11H2,1-3H3,(H,18,19)(H,20,21). The maximum Gasteiger partial charge on any atom is 0.305 e. The van der Waals surface area contributed by atoms with Crippen molar-refractivity contribution < 1.29 is 14.7 Å². The minimum absolute atomic E-state index is 0.00166. The first-order valence-electron chi connectivity index (χ1n) is 8.01. The number of carbonyl (C=O) groups is 2. The van der Waals surface area contributed by atoms with Gasteiger partial charge in [0.15, 0.2) is 0 Å². The Balaban J connectivity index is 2.37. The highest BCUT2D eigenvalue weighted by Gasteiger charge is 2.23. The van der Waals surface area contributed by atoms with E-state index in [-0.39, 0.29) is 23.8 Å². The van der Waals surface area contributed by atoms with Crippen molar-refractivity contribution in [1.82, 2.24) is 10.6 Å². The van der Waals surface area contributed by atoms with Crippen LogP contribution in [0.3, 0.4) is 0 Å². The molecule has 5 heteroatoms. The molecule has 1 fully saturated rings. The number of hydrogen-bond donors (Lipinski definition) is 3. The zero-order valence-electron chi connectivity index (χ0n) is 13.6. The summed E-state index contributed by atoms with van der Waals surface area (Å²) in [6, 6.07) is 0.152. The molecule has 5 nitrogen and oxygen atoms in total. The number of hydrogen-bond acceptors (Lipinski definition) is 3. The van der Waals surface area contributed by atoms with E-state index in [0.717, 1.165) is 19.4 Å². The van der Waals surface area contributed by atoms with Crippen LogP contribution in [0.5, 0.6) is 0 Å². The third-order valence-electron chi connectivity index (χ3n) is 3.78. The van der Waals surface area contributed by atoms with Gasteiger partial charge in [-0.1, -0.05) is 27.2 Å². The Labute approximate surface area is 127 Å². The van der Waals surface area contributed by atoms with E-state index in [0.29, 0.717) is 18.9 Å². The molecule has 0 bridgehead atoms. The van der Waals surface area contributed by atoms with Crippen LogP contribution in [0.25, 0.3) is 0 Å². The molecule has 1 saturated heterocycles. The first kappa shape index (κ1) is 18.0. The van der Waals surface area contributed by atoms with E-state index in [9.17, 15) is 9.59 Å². The fourth-order valence-electron chi connectivity index (χ4n) is 2.90. The molecule has 1 aliphatic heterocycles. The van der Waals surface area contributed by atoms with Gasteiger partial charge < -0.3 is 15.7 Å². The first-order valence-corrected chi connectivity index (χ1v) is 8.01. The van der Waals surface area contributed by atoms with Gasteiger partial charge in [-0.2, -0.15) is 0 Å². The molecular formula is C16H30N2O3. The average molecular weight is 298 g/mol. The summed E-state index contributed by atoms with van der Waals surface area (Å²) in [5, 5.41) is 15.3. The Morgan fingerprint density at radius 1 is 1.33 bits per heavy atom. The maximum atomic E-state index is 12.0. The van der Waals surface area contributed by atoms with E-state index in [2.05, 4.69) is 31.4 Å². The molecular weight excluding hydrogens is 268 g/mol. The van der Waals surface area contributed by atoms with Crippen LogP contribution < -0.4 is 10.6 Å². The van der Waals surface area contributed by atoms with Crippen molar-refractivity contribution >= 4 is 11.9 Å². The Hall–Kier alpha value is -1.10. The van der Waals surface area contributed by atoms with Gasteiger partial charge in [0, 0.05) is 18.5 Å². The largest absolute Gasteiger partial charge is 0.481 e. The van der Waals surface area contributed by atoms with E-state index in [1.54, 1.807) is 0 Å². The Kier molecular flexibility index (Phi) is 7.15. The molecule has 1 aliphatic rings. The number of carboxylic acids is 1. The molecule has 0 saturated carbocycles. The van der Waals surface area contributed by atoms with Crippen molar-refractivity contribution in [2.24, 2.45) is 5.41 Å². The molecule has 1 rings (SSSR count). The summed E-state index contributed by atoms with van der Waals surface area (Å²) in [7, 11) is 0. The number of rotatable bonds is 7. The Morgan fingerprint density at radius 2 is 2.05 bits per heavy atom. The number of piperidine rings is 1. The summed E-state index contributed by atoms with van der Waals surface area (Å²) in [6.07, 6.45) is 5.55. The monoisotopic (exact) mass is 298 g/mol. The Morgan fingerprint density at radius 3 is 2.57 bits per heavy atom. The number of amides is 1. The van der Waals surface area contributed by atoms with Crippen LogP contribution in [-0.4, -0.2) is 35.6 Å². The van der Waals surface area contributed by atoms with Crippen molar-refractivity contribution in [2.45, 2.75) is 77.8 Å². The smallest absolute Gasteiger partial charge is 0.305 e. The fraction of sp³-hybridized carbons (Fsp3) is 0.875. The second-order valence-electron chi connectivity index (χ2n) is 7.31. The van der Waals surface area contributed by atoms with Crippen LogP contribution >= 0.6 is 0 Å². The lowest BCUT2D eigenvalue weighted by Gasteiger charge is -2.27. The molecule has 0 spiro atoms. The summed E-state index contributed by atoms with van der Waals surface area (Å²) < 4.78 is 0. The molecule has 21 heavy (non-hydrogen) atoms. The molecule has 0 aromatic rings. The van der Waals surface area contributed by atoms with Crippen molar-refractivity contribution in [2.75, 3.05) is 6.54 Å². The van der Waals surface area contributed by atoms with E-state index < -0.39 is 5.97 Å². The molecule has 2 unspecified atom stereocenters. The van der Waals surface area contributed by atoms with E-state index in [4.69, 9.17) is 5.11 Å². The molecule has 122 valence electrons. The molecule has 1 amide bonds. The van der Waals surface area contributed by atoms with Crippen LogP contribution in [0.2, 0.25) is 0 Å². The van der Waals surface area contributed by atoms with Crippen LogP contribution in [-0.2, 0) is 9.59 Å². The lowest BCUT2D eigenvalue weighted by molar-refractivity contribution is -0.137. The molecule has 1 heterocycles. The van der Waals surface area contributed by atoms with Crippen molar-refractivity contribution in [1.29, 1.82) is 0 Å². The molecule has 0 aliphatic carbocycles. The van der Waals surface area contributed by atoms with Crippen LogP contribution in [0.15, 0.2) is 0 Å². The van der Waals surface area contributed by atoms with Gasteiger partial charge in [-0.3, -0.25) is 9.59 Å². The van der Waals surface area contributed by atoms with Crippen molar-refractivity contribution in [3.05, 3.63) is 0 Å². The molecule has 0 aromatic carbocycles. The minimum Gasteiger partial charge on any atom is -0.481 e. The highest BCUT2D eigenvalue weighted by atomic mass is 16.4. The zero-order valence-corrected chi connectivity index (χ0v) is 13.6. The highest BCUT2D eigenvalue weighted by Crippen LogP contribution is 2.22. The van der Waals surface area contributed by atoms with E-state index in [1.165, 1.54) is 12.8 Å². The van der Waals surface area contributed by atoms with Gasteiger partial charge in [0.2, 0.25) is 5.91 Å². The van der Waals surface area contributed by atoms with Crippen LogP contribution in [0.4, 0.5) is 0 Å². The third-order valence-corrected chi connectivity index (χ3v) is 3.78. The molecule has 2 atom stereocenters. The van der Waals surface area contributed by atoms with E-state index >= 15 is 0 Å². The zero-order chi connectivity index (χ0) is 15.9. The highest BCUT2D eigenvalue weighted by molar-refractivity contribution is 5.77. The second kappa shape index (κ2) is 8.37. The number of aliphatic carboxylic acids is 1. The quantitative estimate of drug-likeness (QED) is 0.674. The van der Waals surface area contributed by atoms with Gasteiger partial charge in [0.1, 0.15) is 0 Å². The van der Waals surface area contributed by atoms with Gasteiger partial charge in [0.25, 0.3) is 0 Å². The summed E-state index contributed by atoms with van der Waals surface area (Å²) in [5.41, 5.74) is -0.00166. The first-order chi connectivity index (χ1) is 9.76. The molecule has 0 aromatic heterocycles. The minimum atomic E-state index is -0.863. The molecule has 0 radical (unpaired) electrons.